The molecule has 1 aromatic carbocycles. The molecule has 0 unspecified atom stereocenters. The van der Waals surface area contributed by atoms with Crippen LogP contribution in [0.4, 0.5) is 5.69 Å². The summed E-state index contributed by atoms with van der Waals surface area (Å²) in [7, 11) is 3.27. The summed E-state index contributed by atoms with van der Waals surface area (Å²) in [5.74, 6) is 2.19. The van der Waals surface area contributed by atoms with Gasteiger partial charge in [-0.25, -0.2) is 4.98 Å². The summed E-state index contributed by atoms with van der Waals surface area (Å²) in [6.45, 7) is 5.16. The van der Waals surface area contributed by atoms with Gasteiger partial charge in [-0.1, -0.05) is 38.1 Å². The number of nitrogens with one attached hydrogen (secondary N) is 2. The van der Waals surface area contributed by atoms with E-state index in [1.807, 2.05) is 30.4 Å². The predicted octanol–water partition coefficient (Wildman–Crippen LogP) is 4.58. The Morgan fingerprint density at radius 3 is 2.46 bits per heavy atom. The van der Waals surface area contributed by atoms with Crippen LogP contribution < -0.4 is 5.32 Å². The van der Waals surface area contributed by atoms with Gasteiger partial charge in [0.2, 0.25) is 0 Å². The molecule has 3 atom stereocenters. The number of carbonyl (C=O) groups excluding carboxylic acids is 1. The molecule has 2 aromatic rings. The van der Waals surface area contributed by atoms with Gasteiger partial charge >= 0.3 is 0 Å². The number of fused-ring (bicyclic) bond motifs is 2. The first-order valence-corrected chi connectivity index (χ1v) is 13.3. The number of amides is 1. The van der Waals surface area contributed by atoms with Crippen LogP contribution in [0.2, 0.25) is 0 Å². The number of aromatic nitrogens is 2. The van der Waals surface area contributed by atoms with Gasteiger partial charge in [0, 0.05) is 44.5 Å². The number of anilines is 1. The fourth-order valence-corrected chi connectivity index (χ4v) is 6.19. The lowest BCUT2D eigenvalue weighted by molar-refractivity contribution is -0.225. The van der Waals surface area contributed by atoms with Gasteiger partial charge in [-0.15, -0.1) is 6.42 Å². The van der Waals surface area contributed by atoms with Gasteiger partial charge in [-0.05, 0) is 53.9 Å². The van der Waals surface area contributed by atoms with E-state index in [9.17, 15) is 9.90 Å². The van der Waals surface area contributed by atoms with Crippen LogP contribution in [0.3, 0.4) is 0 Å². The minimum absolute atomic E-state index is 0.144. The Morgan fingerprint density at radius 2 is 1.90 bits per heavy atom. The molecule has 2 aliphatic heterocycles. The van der Waals surface area contributed by atoms with Gasteiger partial charge in [0.15, 0.2) is 5.82 Å². The highest BCUT2D eigenvalue weighted by Crippen LogP contribution is 2.52. The Labute approximate surface area is 229 Å². The summed E-state index contributed by atoms with van der Waals surface area (Å²) in [4.78, 5) is 20.1. The van der Waals surface area contributed by atoms with Gasteiger partial charge in [0.05, 0.1) is 18.8 Å². The quantitative estimate of drug-likeness (QED) is 0.340. The summed E-state index contributed by atoms with van der Waals surface area (Å²) in [6, 6.07) is 5.76. The highest BCUT2D eigenvalue weighted by Gasteiger charge is 2.57. The summed E-state index contributed by atoms with van der Waals surface area (Å²) in [5.41, 5.74) is 1.33. The number of nitrogens with zero attached hydrogens (tertiary/aromatic N) is 1. The number of benzene rings is 1. The van der Waals surface area contributed by atoms with Crippen LogP contribution in [0.5, 0.6) is 0 Å². The summed E-state index contributed by atoms with van der Waals surface area (Å²) < 4.78 is 17.5. The third kappa shape index (κ3) is 5.32. The lowest BCUT2D eigenvalue weighted by atomic mass is 9.73. The van der Waals surface area contributed by atoms with E-state index in [0.717, 1.165) is 36.0 Å². The highest BCUT2D eigenvalue weighted by molar-refractivity contribution is 6.03. The number of hydrogen-bond acceptors (Lipinski definition) is 6. The van der Waals surface area contributed by atoms with E-state index in [0.29, 0.717) is 37.4 Å². The van der Waals surface area contributed by atoms with Crippen molar-refractivity contribution in [2.75, 3.05) is 32.8 Å². The monoisotopic (exact) mass is 531 g/mol. The van der Waals surface area contributed by atoms with Crippen LogP contribution in [0.15, 0.2) is 42.6 Å². The zero-order chi connectivity index (χ0) is 27.9. The molecule has 1 saturated heterocycles. The number of H-pyrrole nitrogens is 1. The number of rotatable bonds is 8. The smallest absolute Gasteiger partial charge is 0.291 e. The Balaban J connectivity index is 1.53. The number of methoxy groups -OCH3 is 2. The Kier molecular flexibility index (Phi) is 7.06. The molecule has 5 rings (SSSR count). The lowest BCUT2D eigenvalue weighted by Gasteiger charge is -2.48. The Hall–Kier alpha value is -3.22. The molecule has 3 N–H and O–H groups in total. The molecule has 206 valence electrons. The maximum atomic E-state index is 13.1. The van der Waals surface area contributed by atoms with E-state index in [2.05, 4.69) is 41.1 Å². The van der Waals surface area contributed by atoms with Crippen molar-refractivity contribution in [1.29, 1.82) is 0 Å². The first-order chi connectivity index (χ1) is 18.5. The molecule has 2 bridgehead atoms. The number of aliphatic hydroxyl groups is 1. The van der Waals surface area contributed by atoms with Gasteiger partial charge in [-0.2, -0.15) is 0 Å². The molecule has 8 nitrogen and oxygen atoms in total. The minimum Gasteiger partial charge on any atom is -0.385 e. The maximum absolute atomic E-state index is 13.1. The van der Waals surface area contributed by atoms with Gasteiger partial charge in [-0.3, -0.25) is 4.79 Å². The number of ether oxygens (including phenoxy) is 3. The van der Waals surface area contributed by atoms with E-state index in [4.69, 9.17) is 20.6 Å². The first-order valence-electron chi connectivity index (χ1n) is 13.3. The van der Waals surface area contributed by atoms with Crippen molar-refractivity contribution in [1.82, 2.24) is 9.97 Å². The van der Waals surface area contributed by atoms with Gasteiger partial charge in [0.1, 0.15) is 16.9 Å². The maximum Gasteiger partial charge on any atom is 0.291 e. The molecule has 0 radical (unpaired) electrons. The van der Waals surface area contributed by atoms with Crippen molar-refractivity contribution >= 4 is 17.2 Å². The topological polar surface area (TPSA) is 106 Å². The number of carbonyl (C=O) groups is 1. The standard InChI is InChI=1S/C31H37N3O5/c1-6-23-16-32-26(33-23)27(35)34-25-8-7-22(15-24(25)21-9-11-28(2,3)12-10-21)31(36)17-29(19-37-4)13-14-30(18-31,39-29)20-38-5/h1,7-9,13-16,36H,10-12,17-20H2,2-5H3,(H,32,33)(H,34,35)/t29-,30+,31+. The molecular weight excluding hydrogens is 494 g/mol. The van der Waals surface area contributed by atoms with E-state index < -0.39 is 16.8 Å². The molecule has 1 fully saturated rings. The normalized spacial score (nSPS) is 29.1. The zero-order valence-corrected chi connectivity index (χ0v) is 23.1. The van der Waals surface area contributed by atoms with Crippen molar-refractivity contribution < 1.29 is 24.1 Å². The lowest BCUT2D eigenvalue weighted by Crippen LogP contribution is -2.55. The van der Waals surface area contributed by atoms with E-state index in [1.54, 1.807) is 14.2 Å². The van der Waals surface area contributed by atoms with Crippen molar-refractivity contribution in [3.05, 3.63) is 65.3 Å². The fraction of sp³-hybridized carbons (Fsp3) is 0.484. The zero-order valence-electron chi connectivity index (χ0n) is 23.1. The van der Waals surface area contributed by atoms with Gasteiger partial charge in [0.25, 0.3) is 5.91 Å². The summed E-state index contributed by atoms with van der Waals surface area (Å²) >= 11 is 0. The van der Waals surface area contributed by atoms with Crippen LogP contribution in [0, 0.1) is 17.8 Å². The minimum atomic E-state index is -1.20. The number of aromatic amines is 1. The molecular formula is C31H37N3O5. The van der Waals surface area contributed by atoms with Crippen LogP contribution in [-0.2, 0) is 19.8 Å². The van der Waals surface area contributed by atoms with E-state index in [-0.39, 0.29) is 17.1 Å². The van der Waals surface area contributed by atoms with Gasteiger partial charge < -0.3 is 29.6 Å². The number of allylic oxidation sites excluding steroid dienone is 2. The number of terminal acetylenes is 1. The Morgan fingerprint density at radius 1 is 1.21 bits per heavy atom. The van der Waals surface area contributed by atoms with Crippen molar-refractivity contribution in [2.24, 2.45) is 5.41 Å². The molecule has 39 heavy (non-hydrogen) atoms. The fourth-order valence-electron chi connectivity index (χ4n) is 6.19. The third-order valence-electron chi connectivity index (χ3n) is 8.12. The molecule has 1 amide bonds. The second-order valence-electron chi connectivity index (χ2n) is 11.9. The average Bonchev–Trinajstić information content (AvgIpc) is 3.47. The molecule has 3 heterocycles. The van der Waals surface area contributed by atoms with Crippen LogP contribution >= 0.6 is 0 Å². The SMILES string of the molecule is C#Cc1c[nH]c(C(=O)Nc2ccc([C@]3(O)C[C@@]4(COC)C=C[C@@](COC)(C3)O4)cc2C2=CCC(C)(C)CC2)n1. The van der Waals surface area contributed by atoms with Crippen molar-refractivity contribution in [3.63, 3.8) is 0 Å². The third-order valence-corrected chi connectivity index (χ3v) is 8.12. The molecule has 8 heteroatoms. The second kappa shape index (κ2) is 10.1. The summed E-state index contributed by atoms with van der Waals surface area (Å²) in [6.07, 6.45) is 16.7. The van der Waals surface area contributed by atoms with Crippen LogP contribution in [0.1, 0.15) is 73.4 Å². The largest absolute Gasteiger partial charge is 0.385 e. The average molecular weight is 532 g/mol. The van der Waals surface area contributed by atoms with Crippen LogP contribution in [0.25, 0.3) is 5.57 Å². The second-order valence-corrected chi connectivity index (χ2v) is 11.9. The van der Waals surface area contributed by atoms with E-state index in [1.165, 1.54) is 6.20 Å². The highest BCUT2D eigenvalue weighted by atomic mass is 16.6. The number of hydrogen-bond donors (Lipinski definition) is 3. The van der Waals surface area contributed by atoms with Crippen molar-refractivity contribution in [2.45, 2.75) is 62.8 Å². The van der Waals surface area contributed by atoms with Crippen molar-refractivity contribution in [3.8, 4) is 12.3 Å². The molecule has 1 aromatic heterocycles. The predicted molar refractivity (Wildman–Crippen MR) is 149 cm³/mol. The molecule has 1 aliphatic carbocycles. The summed E-state index contributed by atoms with van der Waals surface area (Å²) in [5, 5.41) is 15.2. The van der Waals surface area contributed by atoms with Crippen LogP contribution in [-0.4, -0.2) is 59.6 Å². The molecule has 3 aliphatic rings. The molecule has 0 saturated carbocycles. The number of imidazole rings is 1. The van der Waals surface area contributed by atoms with E-state index >= 15 is 0 Å². The molecule has 0 spiro atoms. The Bertz CT molecular complexity index is 1340. The first kappa shape index (κ1) is 27.4.